The molecule has 1 aliphatic heterocycles. The number of rotatable bonds is 4. The summed E-state index contributed by atoms with van der Waals surface area (Å²) in [5, 5.41) is 0. The molecule has 0 spiro atoms. The first kappa shape index (κ1) is 21.8. The van der Waals surface area contributed by atoms with Gasteiger partial charge in [0.2, 0.25) is 5.95 Å². The first-order valence-electron chi connectivity index (χ1n) is 10.5. The van der Waals surface area contributed by atoms with Gasteiger partial charge in [0.05, 0.1) is 6.42 Å². The van der Waals surface area contributed by atoms with Crippen LogP contribution >= 0.6 is 0 Å². The summed E-state index contributed by atoms with van der Waals surface area (Å²) in [4.78, 5) is 25.5. The maximum absolute atomic E-state index is 13.0. The standard InChI is InChI=1S/C24H23F3N4O/c25-24(26,27)17-18-4-1-5-21(16-18)19-6-8-20(9-7-19)22(32)30-12-3-13-31(15-14-30)23-28-10-2-11-29-23/h1-2,4-11,16H,3,12-15,17H2. The zero-order valence-electron chi connectivity index (χ0n) is 17.4. The molecule has 0 aliphatic carbocycles. The van der Waals surface area contributed by atoms with Crippen LogP contribution in [-0.4, -0.2) is 53.1 Å². The molecule has 4 rings (SSSR count). The Kier molecular flexibility index (Phi) is 6.39. The van der Waals surface area contributed by atoms with Gasteiger partial charge >= 0.3 is 6.18 Å². The van der Waals surface area contributed by atoms with Crippen LogP contribution in [0.2, 0.25) is 0 Å². The molecule has 0 radical (unpaired) electrons. The Bertz CT molecular complexity index is 1050. The molecule has 0 atom stereocenters. The van der Waals surface area contributed by atoms with Gasteiger partial charge in [-0.25, -0.2) is 9.97 Å². The van der Waals surface area contributed by atoms with Crippen molar-refractivity contribution in [1.29, 1.82) is 0 Å². The Labute approximate surface area is 184 Å². The number of carbonyl (C=O) groups is 1. The molecule has 1 aliphatic rings. The van der Waals surface area contributed by atoms with E-state index < -0.39 is 12.6 Å². The molecular weight excluding hydrogens is 417 g/mol. The Morgan fingerprint density at radius 2 is 1.62 bits per heavy atom. The van der Waals surface area contributed by atoms with Gasteiger partial charge in [0, 0.05) is 44.1 Å². The van der Waals surface area contributed by atoms with E-state index in [-0.39, 0.29) is 11.5 Å². The van der Waals surface area contributed by atoms with Crippen molar-refractivity contribution in [2.45, 2.75) is 19.0 Å². The molecule has 32 heavy (non-hydrogen) atoms. The summed E-state index contributed by atoms with van der Waals surface area (Å²) in [6.45, 7) is 2.64. The minimum Gasteiger partial charge on any atom is -0.339 e. The number of hydrogen-bond acceptors (Lipinski definition) is 4. The lowest BCUT2D eigenvalue weighted by Gasteiger charge is -2.22. The van der Waals surface area contributed by atoms with Crippen molar-refractivity contribution >= 4 is 11.9 Å². The first-order valence-corrected chi connectivity index (χ1v) is 10.5. The fourth-order valence-corrected chi connectivity index (χ4v) is 3.86. The van der Waals surface area contributed by atoms with Gasteiger partial charge < -0.3 is 9.80 Å². The molecule has 1 amide bonds. The molecule has 3 aromatic rings. The number of halogens is 3. The molecule has 1 fully saturated rings. The minimum atomic E-state index is -4.25. The average molecular weight is 440 g/mol. The van der Waals surface area contributed by atoms with Crippen LogP contribution in [0.3, 0.4) is 0 Å². The molecule has 1 aromatic heterocycles. The van der Waals surface area contributed by atoms with Crippen molar-refractivity contribution in [2.24, 2.45) is 0 Å². The number of benzene rings is 2. The number of alkyl halides is 3. The van der Waals surface area contributed by atoms with Crippen LogP contribution in [0, 0.1) is 0 Å². The summed E-state index contributed by atoms with van der Waals surface area (Å²) in [5.74, 6) is 0.608. The highest BCUT2D eigenvalue weighted by atomic mass is 19.4. The van der Waals surface area contributed by atoms with E-state index in [0.717, 1.165) is 18.5 Å². The topological polar surface area (TPSA) is 49.3 Å². The highest BCUT2D eigenvalue weighted by Gasteiger charge is 2.27. The third-order valence-corrected chi connectivity index (χ3v) is 5.41. The second kappa shape index (κ2) is 9.38. The quantitative estimate of drug-likeness (QED) is 0.595. The van der Waals surface area contributed by atoms with E-state index in [9.17, 15) is 18.0 Å². The second-order valence-electron chi connectivity index (χ2n) is 7.75. The normalized spacial score (nSPS) is 14.8. The summed E-state index contributed by atoms with van der Waals surface area (Å²) in [5.41, 5.74) is 2.24. The summed E-state index contributed by atoms with van der Waals surface area (Å²) >= 11 is 0. The third-order valence-electron chi connectivity index (χ3n) is 5.41. The Hall–Kier alpha value is -3.42. The van der Waals surface area contributed by atoms with Gasteiger partial charge in [-0.3, -0.25) is 4.79 Å². The highest BCUT2D eigenvalue weighted by molar-refractivity contribution is 5.94. The van der Waals surface area contributed by atoms with Gasteiger partial charge in [-0.15, -0.1) is 0 Å². The fraction of sp³-hybridized carbons (Fsp3) is 0.292. The van der Waals surface area contributed by atoms with E-state index in [1.165, 1.54) is 6.07 Å². The molecule has 5 nitrogen and oxygen atoms in total. The predicted octanol–water partition coefficient (Wildman–Crippen LogP) is 4.60. The lowest BCUT2D eigenvalue weighted by Crippen LogP contribution is -2.35. The summed E-state index contributed by atoms with van der Waals surface area (Å²) in [7, 11) is 0. The molecule has 1 saturated heterocycles. The van der Waals surface area contributed by atoms with E-state index >= 15 is 0 Å². The number of anilines is 1. The average Bonchev–Trinajstić information content (AvgIpc) is 3.05. The third kappa shape index (κ3) is 5.43. The minimum absolute atomic E-state index is 0.0572. The van der Waals surface area contributed by atoms with Gasteiger partial charge in [0.15, 0.2) is 0 Å². The molecule has 0 bridgehead atoms. The maximum atomic E-state index is 13.0. The molecule has 0 saturated carbocycles. The van der Waals surface area contributed by atoms with Crippen LogP contribution in [0.25, 0.3) is 11.1 Å². The molecule has 8 heteroatoms. The fourth-order valence-electron chi connectivity index (χ4n) is 3.86. The Morgan fingerprint density at radius 1 is 0.875 bits per heavy atom. The van der Waals surface area contributed by atoms with Crippen molar-refractivity contribution in [3.05, 3.63) is 78.1 Å². The van der Waals surface area contributed by atoms with Crippen LogP contribution < -0.4 is 4.90 Å². The van der Waals surface area contributed by atoms with E-state index in [1.54, 1.807) is 60.9 Å². The van der Waals surface area contributed by atoms with Crippen LogP contribution in [0.1, 0.15) is 22.3 Å². The van der Waals surface area contributed by atoms with Crippen molar-refractivity contribution in [2.75, 3.05) is 31.1 Å². The summed E-state index contributed by atoms with van der Waals surface area (Å²) < 4.78 is 38.1. The first-order chi connectivity index (χ1) is 15.4. The molecule has 2 aromatic carbocycles. The molecule has 2 heterocycles. The van der Waals surface area contributed by atoms with Crippen LogP contribution in [0.5, 0.6) is 0 Å². The monoisotopic (exact) mass is 440 g/mol. The van der Waals surface area contributed by atoms with E-state index in [2.05, 4.69) is 14.9 Å². The van der Waals surface area contributed by atoms with Gasteiger partial charge in [0.25, 0.3) is 5.91 Å². The molecular formula is C24H23F3N4O. The summed E-state index contributed by atoms with van der Waals surface area (Å²) in [6, 6.07) is 15.2. The van der Waals surface area contributed by atoms with Crippen molar-refractivity contribution in [3.63, 3.8) is 0 Å². The van der Waals surface area contributed by atoms with Crippen LogP contribution in [0.4, 0.5) is 19.1 Å². The lowest BCUT2D eigenvalue weighted by atomic mass is 10.0. The van der Waals surface area contributed by atoms with Gasteiger partial charge in [-0.2, -0.15) is 13.2 Å². The van der Waals surface area contributed by atoms with Crippen molar-refractivity contribution < 1.29 is 18.0 Å². The molecule has 0 unspecified atom stereocenters. The van der Waals surface area contributed by atoms with Crippen LogP contribution in [0.15, 0.2) is 67.0 Å². The summed E-state index contributed by atoms with van der Waals surface area (Å²) in [6.07, 6.45) is -0.983. The smallest absolute Gasteiger partial charge is 0.339 e. The van der Waals surface area contributed by atoms with Crippen molar-refractivity contribution in [1.82, 2.24) is 14.9 Å². The number of nitrogens with zero attached hydrogens (tertiary/aromatic N) is 4. The highest BCUT2D eigenvalue weighted by Crippen LogP contribution is 2.26. The van der Waals surface area contributed by atoms with Gasteiger partial charge in [-0.1, -0.05) is 36.4 Å². The van der Waals surface area contributed by atoms with E-state index in [4.69, 9.17) is 0 Å². The van der Waals surface area contributed by atoms with Gasteiger partial charge in [0.1, 0.15) is 0 Å². The largest absolute Gasteiger partial charge is 0.393 e. The SMILES string of the molecule is O=C(c1ccc(-c2cccc(CC(F)(F)F)c2)cc1)N1CCCN(c2ncccn2)CC1. The molecule has 166 valence electrons. The lowest BCUT2D eigenvalue weighted by molar-refractivity contribution is -0.127. The Balaban J connectivity index is 1.43. The predicted molar refractivity (Wildman–Crippen MR) is 116 cm³/mol. The number of aromatic nitrogens is 2. The van der Waals surface area contributed by atoms with E-state index in [0.29, 0.717) is 36.7 Å². The number of hydrogen-bond donors (Lipinski definition) is 0. The molecule has 0 N–H and O–H groups in total. The number of amides is 1. The zero-order chi connectivity index (χ0) is 22.6. The van der Waals surface area contributed by atoms with Crippen molar-refractivity contribution in [3.8, 4) is 11.1 Å². The maximum Gasteiger partial charge on any atom is 0.393 e. The van der Waals surface area contributed by atoms with Crippen LogP contribution in [-0.2, 0) is 6.42 Å². The van der Waals surface area contributed by atoms with Gasteiger partial charge in [-0.05, 0) is 41.3 Å². The number of carbonyl (C=O) groups excluding carboxylic acids is 1. The van der Waals surface area contributed by atoms with E-state index in [1.807, 2.05) is 4.90 Å². The Morgan fingerprint density at radius 3 is 2.34 bits per heavy atom. The zero-order valence-corrected chi connectivity index (χ0v) is 17.4. The second-order valence-corrected chi connectivity index (χ2v) is 7.75.